The zero-order valence-electron chi connectivity index (χ0n) is 7.01. The molecule has 6 heteroatoms. The molecule has 3 nitrogen and oxygen atoms in total. The molecule has 1 heterocycles. The van der Waals surface area contributed by atoms with Crippen LogP contribution in [0.3, 0.4) is 0 Å². The third kappa shape index (κ3) is 2.72. The highest BCUT2D eigenvalue weighted by Crippen LogP contribution is 2.22. The van der Waals surface area contributed by atoms with Gasteiger partial charge in [0.15, 0.2) is 0 Å². The second-order valence-electron chi connectivity index (χ2n) is 2.67. The van der Waals surface area contributed by atoms with E-state index in [0.717, 1.165) is 0 Å². The summed E-state index contributed by atoms with van der Waals surface area (Å²) >= 11 is 0. The van der Waals surface area contributed by atoms with Gasteiger partial charge in [0.1, 0.15) is 5.69 Å². The number of amides is 1. The predicted octanol–water partition coefficient (Wildman–Crippen LogP) is 1.29. The number of nitrogens with zero attached hydrogens (tertiary/aromatic N) is 1. The molecule has 1 aromatic heterocycles. The lowest BCUT2D eigenvalue weighted by molar-refractivity contribution is -0.127. The first kappa shape index (κ1) is 10.5. The number of carbonyl (C=O) groups is 1. The second-order valence-corrected chi connectivity index (χ2v) is 2.67. The van der Waals surface area contributed by atoms with Crippen LogP contribution in [0, 0.1) is 0 Å². The number of aromatic nitrogens is 1. The molecule has 0 fully saturated rings. The van der Waals surface area contributed by atoms with Gasteiger partial charge in [-0.25, -0.2) is 0 Å². The van der Waals surface area contributed by atoms with Crippen molar-refractivity contribution >= 4 is 5.91 Å². The van der Waals surface area contributed by atoms with Crippen molar-refractivity contribution in [2.45, 2.75) is 12.6 Å². The third-order valence-electron chi connectivity index (χ3n) is 1.52. The van der Waals surface area contributed by atoms with Crippen LogP contribution in [0.15, 0.2) is 18.3 Å². The Balaban J connectivity index is 3.02. The fraction of sp³-hybridized carbons (Fsp3) is 0.250. The first-order valence-electron chi connectivity index (χ1n) is 3.70. The lowest BCUT2D eigenvalue weighted by atomic mass is 10.1. The van der Waals surface area contributed by atoms with Crippen molar-refractivity contribution < 1.29 is 18.0 Å². The van der Waals surface area contributed by atoms with Gasteiger partial charge < -0.3 is 5.73 Å². The number of halogens is 3. The van der Waals surface area contributed by atoms with Crippen LogP contribution in [0.4, 0.5) is 13.2 Å². The average molecular weight is 204 g/mol. The molecule has 0 unspecified atom stereocenters. The summed E-state index contributed by atoms with van der Waals surface area (Å²) in [5, 5.41) is 0. The van der Waals surface area contributed by atoms with Crippen LogP contribution in [0.5, 0.6) is 0 Å². The summed E-state index contributed by atoms with van der Waals surface area (Å²) < 4.78 is 36.0. The molecule has 0 radical (unpaired) electrons. The van der Waals surface area contributed by atoms with Crippen LogP contribution in [-0.2, 0) is 6.42 Å². The van der Waals surface area contributed by atoms with Crippen LogP contribution in [-0.4, -0.2) is 17.1 Å². The fourth-order valence-electron chi connectivity index (χ4n) is 1.02. The Morgan fingerprint density at radius 2 is 2.14 bits per heavy atom. The number of pyridine rings is 1. The molecule has 2 N–H and O–H groups in total. The van der Waals surface area contributed by atoms with E-state index in [4.69, 9.17) is 5.73 Å². The molecule has 1 amide bonds. The molecule has 0 aromatic carbocycles. The molecule has 76 valence electrons. The normalized spacial score (nSPS) is 11.4. The van der Waals surface area contributed by atoms with Crippen molar-refractivity contribution in [1.82, 2.24) is 4.98 Å². The molecule has 0 bridgehead atoms. The maximum Gasteiger partial charge on any atom is 0.393 e. The summed E-state index contributed by atoms with van der Waals surface area (Å²) in [4.78, 5) is 14.2. The van der Waals surface area contributed by atoms with Crippen molar-refractivity contribution in [2.75, 3.05) is 0 Å². The summed E-state index contributed by atoms with van der Waals surface area (Å²) in [6, 6.07) is 2.51. The Labute approximate surface area is 77.7 Å². The smallest absolute Gasteiger partial charge is 0.364 e. The monoisotopic (exact) mass is 204 g/mol. The van der Waals surface area contributed by atoms with Crippen molar-refractivity contribution in [1.29, 1.82) is 0 Å². The zero-order chi connectivity index (χ0) is 10.8. The van der Waals surface area contributed by atoms with E-state index in [0.29, 0.717) is 0 Å². The molecular weight excluding hydrogens is 197 g/mol. The van der Waals surface area contributed by atoms with Gasteiger partial charge in [-0.15, -0.1) is 0 Å². The standard InChI is InChI=1S/C8H7F3N2O/c9-8(10,11)4-5-2-1-3-13-6(5)7(12)14/h1-3H,4H2,(H2,12,14). The van der Waals surface area contributed by atoms with E-state index in [1.165, 1.54) is 18.3 Å². The predicted molar refractivity (Wildman–Crippen MR) is 42.5 cm³/mol. The Morgan fingerprint density at radius 1 is 1.50 bits per heavy atom. The van der Waals surface area contributed by atoms with Gasteiger partial charge in [-0.05, 0) is 11.6 Å². The first-order chi connectivity index (χ1) is 6.40. The quantitative estimate of drug-likeness (QED) is 0.788. The number of hydrogen-bond acceptors (Lipinski definition) is 2. The highest BCUT2D eigenvalue weighted by atomic mass is 19.4. The van der Waals surface area contributed by atoms with Crippen molar-refractivity contribution in [3.8, 4) is 0 Å². The van der Waals surface area contributed by atoms with Crippen molar-refractivity contribution in [3.63, 3.8) is 0 Å². The fourth-order valence-corrected chi connectivity index (χ4v) is 1.02. The molecule has 0 atom stereocenters. The minimum Gasteiger partial charge on any atom is -0.364 e. The Hall–Kier alpha value is -1.59. The van der Waals surface area contributed by atoms with Gasteiger partial charge in [0.25, 0.3) is 5.91 Å². The van der Waals surface area contributed by atoms with E-state index in [-0.39, 0.29) is 11.3 Å². The average Bonchev–Trinajstić information content (AvgIpc) is 2.01. The van der Waals surface area contributed by atoms with Gasteiger partial charge in [-0.2, -0.15) is 13.2 Å². The van der Waals surface area contributed by atoms with E-state index < -0.39 is 18.5 Å². The van der Waals surface area contributed by atoms with Crippen molar-refractivity contribution in [3.05, 3.63) is 29.6 Å². The summed E-state index contributed by atoms with van der Waals surface area (Å²) in [6.45, 7) is 0. The Kier molecular flexibility index (Phi) is 2.73. The molecule has 1 aromatic rings. The number of rotatable bonds is 2. The molecule has 0 aliphatic carbocycles. The second kappa shape index (κ2) is 3.65. The minimum atomic E-state index is -4.37. The summed E-state index contributed by atoms with van der Waals surface area (Å²) in [5.74, 6) is -0.954. The molecule has 0 saturated carbocycles. The number of hydrogen-bond donors (Lipinski definition) is 1. The number of carbonyl (C=O) groups excluding carboxylic acids is 1. The van der Waals surface area contributed by atoms with Gasteiger partial charge >= 0.3 is 6.18 Å². The molecule has 0 saturated heterocycles. The van der Waals surface area contributed by atoms with E-state index >= 15 is 0 Å². The largest absolute Gasteiger partial charge is 0.393 e. The first-order valence-corrected chi connectivity index (χ1v) is 3.70. The molecule has 1 rings (SSSR count). The molecular formula is C8H7F3N2O. The molecule has 0 spiro atoms. The number of primary amides is 1. The maximum absolute atomic E-state index is 12.0. The van der Waals surface area contributed by atoms with Crippen molar-refractivity contribution in [2.24, 2.45) is 5.73 Å². The summed E-state index contributed by atoms with van der Waals surface area (Å²) in [5.41, 5.74) is 4.33. The van der Waals surface area contributed by atoms with E-state index in [9.17, 15) is 18.0 Å². The van der Waals surface area contributed by atoms with E-state index in [1.54, 1.807) is 0 Å². The highest BCUT2D eigenvalue weighted by Gasteiger charge is 2.29. The van der Waals surface area contributed by atoms with Gasteiger partial charge in [0.2, 0.25) is 0 Å². The lowest BCUT2D eigenvalue weighted by Crippen LogP contribution is -2.20. The van der Waals surface area contributed by atoms with E-state index in [1.807, 2.05) is 0 Å². The maximum atomic E-state index is 12.0. The van der Waals surface area contributed by atoms with Gasteiger partial charge in [0.05, 0.1) is 6.42 Å². The van der Waals surface area contributed by atoms with Gasteiger partial charge in [-0.3, -0.25) is 9.78 Å². The minimum absolute atomic E-state index is 0.201. The SMILES string of the molecule is NC(=O)c1ncccc1CC(F)(F)F. The Morgan fingerprint density at radius 3 is 2.64 bits per heavy atom. The number of nitrogens with two attached hydrogens (primary N) is 1. The van der Waals surface area contributed by atoms with Crippen LogP contribution < -0.4 is 5.73 Å². The molecule has 0 aliphatic heterocycles. The van der Waals surface area contributed by atoms with Gasteiger partial charge in [0, 0.05) is 6.20 Å². The van der Waals surface area contributed by atoms with Crippen LogP contribution in [0.2, 0.25) is 0 Å². The molecule has 0 aliphatic rings. The van der Waals surface area contributed by atoms with Crippen LogP contribution >= 0.6 is 0 Å². The summed E-state index contributed by atoms with van der Waals surface area (Å²) in [6.07, 6.45) is -4.34. The molecule has 14 heavy (non-hydrogen) atoms. The highest BCUT2D eigenvalue weighted by molar-refractivity contribution is 5.92. The Bertz CT molecular complexity index is 349. The van der Waals surface area contributed by atoms with E-state index in [2.05, 4.69) is 4.98 Å². The van der Waals surface area contributed by atoms with Gasteiger partial charge in [-0.1, -0.05) is 6.07 Å². The lowest BCUT2D eigenvalue weighted by Gasteiger charge is -2.08. The topological polar surface area (TPSA) is 56.0 Å². The number of alkyl halides is 3. The summed E-state index contributed by atoms with van der Waals surface area (Å²) in [7, 11) is 0. The van der Waals surface area contributed by atoms with Crippen LogP contribution in [0.25, 0.3) is 0 Å². The van der Waals surface area contributed by atoms with Crippen LogP contribution in [0.1, 0.15) is 16.1 Å². The third-order valence-corrected chi connectivity index (χ3v) is 1.52. The zero-order valence-corrected chi connectivity index (χ0v) is 7.01.